The van der Waals surface area contributed by atoms with Crippen molar-refractivity contribution in [2.45, 2.75) is 45.2 Å². The highest BCUT2D eigenvalue weighted by Crippen LogP contribution is 2.38. The van der Waals surface area contributed by atoms with E-state index in [0.29, 0.717) is 11.5 Å². The fraction of sp³-hybridized carbons (Fsp3) is 0.750. The zero-order valence-electron chi connectivity index (χ0n) is 9.95. The van der Waals surface area contributed by atoms with Crippen LogP contribution < -0.4 is 5.32 Å². The van der Waals surface area contributed by atoms with Crippen LogP contribution in [0, 0.1) is 5.92 Å². The molecule has 3 heteroatoms. The highest BCUT2D eigenvalue weighted by atomic mass is 15.3. The summed E-state index contributed by atoms with van der Waals surface area (Å²) in [6, 6.07) is 2.15. The molecule has 0 amide bonds. The molecule has 0 radical (unpaired) electrons. The first-order chi connectivity index (χ1) is 7.15. The largest absolute Gasteiger partial charge is 0.314 e. The zero-order chi connectivity index (χ0) is 10.9. The summed E-state index contributed by atoms with van der Waals surface area (Å²) in [5.74, 6) is 0.661. The minimum Gasteiger partial charge on any atom is -0.314 e. The van der Waals surface area contributed by atoms with Gasteiger partial charge in [-0.15, -0.1) is 0 Å². The van der Waals surface area contributed by atoms with Crippen LogP contribution in [0.5, 0.6) is 0 Å². The van der Waals surface area contributed by atoms with Gasteiger partial charge < -0.3 is 5.32 Å². The smallest absolute Gasteiger partial charge is 0.0492 e. The fourth-order valence-electron chi connectivity index (χ4n) is 2.03. The van der Waals surface area contributed by atoms with E-state index in [-0.39, 0.29) is 0 Å². The SMILES string of the molecule is CNC1(Cc2ccnn2CC(C)C)CC1. The van der Waals surface area contributed by atoms with Crippen molar-refractivity contribution in [1.82, 2.24) is 15.1 Å². The standard InChI is InChI=1S/C12H21N3/c1-10(2)9-15-11(4-7-14-15)8-12(13-3)5-6-12/h4,7,10,13H,5-6,8-9H2,1-3H3. The molecule has 1 aliphatic carbocycles. The van der Waals surface area contributed by atoms with Crippen molar-refractivity contribution in [2.24, 2.45) is 5.92 Å². The Morgan fingerprint density at radius 1 is 1.53 bits per heavy atom. The van der Waals surface area contributed by atoms with Gasteiger partial charge in [-0.25, -0.2) is 0 Å². The van der Waals surface area contributed by atoms with Crippen LogP contribution in [0.4, 0.5) is 0 Å². The molecule has 1 aromatic rings. The summed E-state index contributed by atoms with van der Waals surface area (Å²) in [4.78, 5) is 0. The molecular weight excluding hydrogens is 186 g/mol. The average Bonchev–Trinajstić information content (AvgIpc) is 2.84. The third kappa shape index (κ3) is 2.40. The van der Waals surface area contributed by atoms with Gasteiger partial charge in [0.05, 0.1) is 0 Å². The summed E-state index contributed by atoms with van der Waals surface area (Å²) in [5, 5.41) is 7.82. The number of aromatic nitrogens is 2. The van der Waals surface area contributed by atoms with Crippen molar-refractivity contribution in [1.29, 1.82) is 0 Å². The van der Waals surface area contributed by atoms with Gasteiger partial charge in [0.1, 0.15) is 0 Å². The van der Waals surface area contributed by atoms with E-state index in [4.69, 9.17) is 0 Å². The van der Waals surface area contributed by atoms with E-state index in [9.17, 15) is 0 Å². The molecule has 1 saturated carbocycles. The first-order valence-electron chi connectivity index (χ1n) is 5.85. The van der Waals surface area contributed by atoms with Crippen LogP contribution >= 0.6 is 0 Å². The summed E-state index contributed by atoms with van der Waals surface area (Å²) in [6.07, 6.45) is 5.65. The highest BCUT2D eigenvalue weighted by Gasteiger charge is 2.41. The molecule has 1 N–H and O–H groups in total. The van der Waals surface area contributed by atoms with E-state index < -0.39 is 0 Å². The summed E-state index contributed by atoms with van der Waals surface area (Å²) in [6.45, 7) is 5.50. The average molecular weight is 207 g/mol. The number of hydrogen-bond acceptors (Lipinski definition) is 2. The van der Waals surface area contributed by atoms with Gasteiger partial charge in [-0.05, 0) is 31.9 Å². The number of nitrogens with one attached hydrogen (secondary N) is 1. The Morgan fingerprint density at radius 2 is 2.27 bits per heavy atom. The van der Waals surface area contributed by atoms with Gasteiger partial charge in [0.2, 0.25) is 0 Å². The predicted molar refractivity (Wildman–Crippen MR) is 61.8 cm³/mol. The number of nitrogens with zero attached hydrogens (tertiary/aromatic N) is 2. The first-order valence-corrected chi connectivity index (χ1v) is 5.85. The minimum absolute atomic E-state index is 0.384. The Balaban J connectivity index is 2.05. The van der Waals surface area contributed by atoms with Crippen molar-refractivity contribution in [3.05, 3.63) is 18.0 Å². The maximum atomic E-state index is 4.39. The second kappa shape index (κ2) is 3.97. The van der Waals surface area contributed by atoms with Crippen LogP contribution in [-0.4, -0.2) is 22.4 Å². The predicted octanol–water partition coefficient (Wildman–Crippen LogP) is 1.83. The molecule has 2 rings (SSSR count). The van der Waals surface area contributed by atoms with Crippen molar-refractivity contribution in [2.75, 3.05) is 7.05 Å². The van der Waals surface area contributed by atoms with E-state index in [0.717, 1.165) is 13.0 Å². The maximum absolute atomic E-state index is 4.39. The second-order valence-corrected chi connectivity index (χ2v) is 5.11. The molecule has 1 fully saturated rings. The Kier molecular flexibility index (Phi) is 2.83. The van der Waals surface area contributed by atoms with Crippen LogP contribution in [0.25, 0.3) is 0 Å². The van der Waals surface area contributed by atoms with Crippen molar-refractivity contribution in [3.8, 4) is 0 Å². The Hall–Kier alpha value is -0.830. The zero-order valence-corrected chi connectivity index (χ0v) is 9.95. The second-order valence-electron chi connectivity index (χ2n) is 5.11. The van der Waals surface area contributed by atoms with Crippen molar-refractivity contribution < 1.29 is 0 Å². The van der Waals surface area contributed by atoms with Crippen LogP contribution in [-0.2, 0) is 13.0 Å². The molecule has 0 spiro atoms. The maximum Gasteiger partial charge on any atom is 0.0492 e. The number of hydrogen-bond donors (Lipinski definition) is 1. The lowest BCUT2D eigenvalue weighted by atomic mass is 10.1. The van der Waals surface area contributed by atoms with Gasteiger partial charge in [-0.2, -0.15) is 5.10 Å². The molecule has 1 aromatic heterocycles. The van der Waals surface area contributed by atoms with Crippen molar-refractivity contribution in [3.63, 3.8) is 0 Å². The molecule has 0 bridgehead atoms. The molecule has 84 valence electrons. The number of likely N-dealkylation sites (N-methyl/N-ethyl adjacent to an activating group) is 1. The molecule has 1 heterocycles. The Bertz CT molecular complexity index is 323. The van der Waals surface area contributed by atoms with Gasteiger partial charge in [-0.3, -0.25) is 4.68 Å². The molecule has 0 saturated heterocycles. The molecule has 1 aliphatic rings. The summed E-state index contributed by atoms with van der Waals surface area (Å²) >= 11 is 0. The molecular formula is C12H21N3. The van der Waals surface area contributed by atoms with E-state index in [1.807, 2.05) is 6.20 Å². The van der Waals surface area contributed by atoms with E-state index in [2.05, 4.69) is 42.1 Å². The highest BCUT2D eigenvalue weighted by molar-refractivity contribution is 5.13. The first kappa shape index (κ1) is 10.7. The fourth-order valence-corrected chi connectivity index (χ4v) is 2.03. The lowest BCUT2D eigenvalue weighted by Crippen LogP contribution is -2.30. The topological polar surface area (TPSA) is 29.9 Å². The summed E-state index contributed by atoms with van der Waals surface area (Å²) in [7, 11) is 2.07. The quantitative estimate of drug-likeness (QED) is 0.798. The summed E-state index contributed by atoms with van der Waals surface area (Å²) < 4.78 is 2.15. The monoisotopic (exact) mass is 207 g/mol. The van der Waals surface area contributed by atoms with E-state index >= 15 is 0 Å². The van der Waals surface area contributed by atoms with Gasteiger partial charge >= 0.3 is 0 Å². The molecule has 0 aliphatic heterocycles. The van der Waals surface area contributed by atoms with Crippen molar-refractivity contribution >= 4 is 0 Å². The van der Waals surface area contributed by atoms with Crippen LogP contribution in [0.3, 0.4) is 0 Å². The van der Waals surface area contributed by atoms with Gasteiger partial charge in [0.25, 0.3) is 0 Å². The molecule has 3 nitrogen and oxygen atoms in total. The van der Waals surface area contributed by atoms with Crippen LogP contribution in [0.1, 0.15) is 32.4 Å². The van der Waals surface area contributed by atoms with E-state index in [1.54, 1.807) is 0 Å². The minimum atomic E-state index is 0.384. The van der Waals surface area contributed by atoms with Gasteiger partial charge in [-0.1, -0.05) is 13.8 Å². The van der Waals surface area contributed by atoms with Crippen LogP contribution in [0.15, 0.2) is 12.3 Å². The molecule has 0 unspecified atom stereocenters. The third-order valence-electron chi connectivity index (χ3n) is 3.25. The normalized spacial score (nSPS) is 18.4. The van der Waals surface area contributed by atoms with Gasteiger partial charge in [0.15, 0.2) is 0 Å². The molecule has 0 aromatic carbocycles. The Morgan fingerprint density at radius 3 is 2.80 bits per heavy atom. The summed E-state index contributed by atoms with van der Waals surface area (Å²) in [5.41, 5.74) is 1.75. The van der Waals surface area contributed by atoms with Crippen LogP contribution in [0.2, 0.25) is 0 Å². The lowest BCUT2D eigenvalue weighted by molar-refractivity contribution is 0.448. The third-order valence-corrected chi connectivity index (χ3v) is 3.25. The van der Waals surface area contributed by atoms with Gasteiger partial charge in [0, 0.05) is 30.4 Å². The lowest BCUT2D eigenvalue weighted by Gasteiger charge is -2.16. The Labute approximate surface area is 91.9 Å². The molecule has 0 atom stereocenters. The number of rotatable bonds is 5. The molecule has 15 heavy (non-hydrogen) atoms. The van der Waals surface area contributed by atoms with E-state index in [1.165, 1.54) is 18.5 Å².